The summed E-state index contributed by atoms with van der Waals surface area (Å²) in [6, 6.07) is 3.06. The highest BCUT2D eigenvalue weighted by atomic mass is 32.2. The van der Waals surface area contributed by atoms with Gasteiger partial charge in [0, 0.05) is 12.6 Å². The fourth-order valence-corrected chi connectivity index (χ4v) is 4.65. The SMILES string of the molecule is CC(C)CC(CN(C)C)NS(=O)(=O)c1ccc(C(N)=S)s1. The molecule has 0 radical (unpaired) electrons. The summed E-state index contributed by atoms with van der Waals surface area (Å²) in [5.41, 5.74) is 5.52. The molecule has 1 rings (SSSR count). The second-order valence-corrected chi connectivity index (χ2v) is 9.16. The molecule has 120 valence electrons. The summed E-state index contributed by atoms with van der Waals surface area (Å²) in [4.78, 5) is 2.80. The molecule has 0 saturated carbocycles. The zero-order chi connectivity index (χ0) is 16.2. The number of thiophene rings is 1. The van der Waals surface area contributed by atoms with Crippen LogP contribution in [0.4, 0.5) is 0 Å². The van der Waals surface area contributed by atoms with Crippen LogP contribution in [0.3, 0.4) is 0 Å². The Morgan fingerprint density at radius 1 is 1.43 bits per heavy atom. The topological polar surface area (TPSA) is 75.4 Å². The summed E-state index contributed by atoms with van der Waals surface area (Å²) in [5, 5.41) is 0. The Morgan fingerprint density at radius 3 is 2.48 bits per heavy atom. The van der Waals surface area contributed by atoms with E-state index in [9.17, 15) is 8.42 Å². The normalized spacial score (nSPS) is 13.8. The van der Waals surface area contributed by atoms with Crippen LogP contribution in [-0.2, 0) is 10.0 Å². The molecule has 0 aromatic carbocycles. The second-order valence-electron chi connectivity index (χ2n) is 5.69. The molecule has 1 aromatic rings. The first-order valence-corrected chi connectivity index (χ1v) is 9.39. The van der Waals surface area contributed by atoms with E-state index >= 15 is 0 Å². The van der Waals surface area contributed by atoms with E-state index in [2.05, 4.69) is 18.6 Å². The predicted octanol–water partition coefficient (Wildman–Crippen LogP) is 1.64. The molecule has 1 unspecified atom stereocenters. The number of nitrogens with two attached hydrogens (primary N) is 1. The molecule has 1 aromatic heterocycles. The first-order valence-electron chi connectivity index (χ1n) is 6.68. The van der Waals surface area contributed by atoms with Gasteiger partial charge in [0.2, 0.25) is 10.0 Å². The lowest BCUT2D eigenvalue weighted by atomic mass is 10.0. The van der Waals surface area contributed by atoms with E-state index < -0.39 is 10.0 Å². The van der Waals surface area contributed by atoms with Crippen molar-refractivity contribution in [3.63, 3.8) is 0 Å². The third-order valence-corrected chi connectivity index (χ3v) is 6.23. The van der Waals surface area contributed by atoms with Gasteiger partial charge in [-0.05, 0) is 38.6 Å². The Bertz CT molecular complexity index is 569. The lowest BCUT2D eigenvalue weighted by molar-refractivity contribution is 0.329. The van der Waals surface area contributed by atoms with Crippen LogP contribution < -0.4 is 10.5 Å². The standard InChI is InChI=1S/C13H23N3O2S3/c1-9(2)7-10(8-16(3)4)15-21(17,18)12-6-5-11(20-12)13(14)19/h5-6,9-10,15H,7-8H2,1-4H3,(H2,14,19). The minimum atomic E-state index is -3.54. The van der Waals surface area contributed by atoms with E-state index in [0.717, 1.165) is 17.8 Å². The molecule has 1 atom stereocenters. The lowest BCUT2D eigenvalue weighted by Gasteiger charge is -2.23. The monoisotopic (exact) mass is 349 g/mol. The van der Waals surface area contributed by atoms with Crippen molar-refractivity contribution in [2.24, 2.45) is 11.7 Å². The van der Waals surface area contributed by atoms with Gasteiger partial charge >= 0.3 is 0 Å². The maximum Gasteiger partial charge on any atom is 0.250 e. The molecule has 0 bridgehead atoms. The summed E-state index contributed by atoms with van der Waals surface area (Å²) < 4.78 is 27.9. The number of thiocarbonyl (C=S) groups is 1. The van der Waals surface area contributed by atoms with Crippen molar-refractivity contribution >= 4 is 38.6 Å². The van der Waals surface area contributed by atoms with Crippen LogP contribution >= 0.6 is 23.6 Å². The van der Waals surface area contributed by atoms with Gasteiger partial charge in [0.05, 0.1) is 4.88 Å². The van der Waals surface area contributed by atoms with E-state index in [-0.39, 0.29) is 15.2 Å². The van der Waals surface area contributed by atoms with Crippen LogP contribution in [0, 0.1) is 5.92 Å². The van der Waals surface area contributed by atoms with E-state index in [1.165, 1.54) is 0 Å². The number of hydrogen-bond donors (Lipinski definition) is 2. The fourth-order valence-electron chi connectivity index (χ4n) is 2.04. The summed E-state index contributed by atoms with van der Waals surface area (Å²) in [7, 11) is 0.320. The molecule has 8 heteroatoms. The number of hydrogen-bond acceptors (Lipinski definition) is 5. The molecule has 21 heavy (non-hydrogen) atoms. The van der Waals surface area contributed by atoms with E-state index in [4.69, 9.17) is 18.0 Å². The van der Waals surface area contributed by atoms with Crippen molar-refractivity contribution < 1.29 is 8.42 Å². The average molecular weight is 350 g/mol. The highest BCUT2D eigenvalue weighted by molar-refractivity contribution is 7.91. The largest absolute Gasteiger partial charge is 0.389 e. The predicted molar refractivity (Wildman–Crippen MR) is 92.3 cm³/mol. The molecular formula is C13H23N3O2S3. The molecule has 5 nitrogen and oxygen atoms in total. The number of nitrogens with one attached hydrogen (secondary N) is 1. The first kappa shape index (κ1) is 18.5. The molecule has 0 saturated heterocycles. The maximum absolute atomic E-state index is 12.4. The molecule has 0 aliphatic rings. The number of nitrogens with zero attached hydrogens (tertiary/aromatic N) is 1. The number of sulfonamides is 1. The minimum absolute atomic E-state index is 0.125. The average Bonchev–Trinajstić information content (AvgIpc) is 2.75. The van der Waals surface area contributed by atoms with Gasteiger partial charge in [0.15, 0.2) is 0 Å². The molecule has 0 aliphatic heterocycles. The highest BCUT2D eigenvalue weighted by Gasteiger charge is 2.23. The third-order valence-electron chi connectivity index (χ3n) is 2.75. The van der Waals surface area contributed by atoms with Crippen LogP contribution in [0.15, 0.2) is 16.3 Å². The van der Waals surface area contributed by atoms with E-state index in [1.807, 2.05) is 19.0 Å². The van der Waals surface area contributed by atoms with Gasteiger partial charge in [0.1, 0.15) is 9.20 Å². The Balaban J connectivity index is 2.90. The van der Waals surface area contributed by atoms with Gasteiger partial charge in [-0.2, -0.15) is 0 Å². The highest BCUT2D eigenvalue weighted by Crippen LogP contribution is 2.22. The molecule has 3 N–H and O–H groups in total. The second kappa shape index (κ2) is 7.64. The Hall–Kier alpha value is -0.540. The zero-order valence-corrected chi connectivity index (χ0v) is 15.2. The third kappa shape index (κ3) is 5.99. The summed E-state index contributed by atoms with van der Waals surface area (Å²) >= 11 is 5.96. The van der Waals surface area contributed by atoms with Gasteiger partial charge in [-0.15, -0.1) is 11.3 Å². The molecule has 0 aliphatic carbocycles. The van der Waals surface area contributed by atoms with Crippen LogP contribution in [0.2, 0.25) is 0 Å². The Morgan fingerprint density at radius 2 is 2.05 bits per heavy atom. The van der Waals surface area contributed by atoms with E-state index in [1.54, 1.807) is 12.1 Å². The Labute approximate surface area is 136 Å². The maximum atomic E-state index is 12.4. The zero-order valence-electron chi connectivity index (χ0n) is 12.8. The Kier molecular flexibility index (Phi) is 6.73. The molecule has 0 amide bonds. The van der Waals surface area contributed by atoms with Gasteiger partial charge < -0.3 is 10.6 Å². The van der Waals surface area contributed by atoms with Crippen LogP contribution in [0.25, 0.3) is 0 Å². The molecule has 0 spiro atoms. The van der Waals surface area contributed by atoms with Gasteiger partial charge in [0.25, 0.3) is 0 Å². The van der Waals surface area contributed by atoms with Gasteiger partial charge in [-0.25, -0.2) is 13.1 Å². The first-order chi connectivity index (χ1) is 9.61. The van der Waals surface area contributed by atoms with Crippen LogP contribution in [0.5, 0.6) is 0 Å². The summed E-state index contributed by atoms with van der Waals surface area (Å²) in [5.74, 6) is 0.410. The lowest BCUT2D eigenvalue weighted by Crippen LogP contribution is -2.42. The van der Waals surface area contributed by atoms with Gasteiger partial charge in [-0.3, -0.25) is 0 Å². The number of likely N-dealkylation sites (N-methyl/N-ethyl adjacent to an activating group) is 1. The smallest absolute Gasteiger partial charge is 0.250 e. The van der Waals surface area contributed by atoms with Gasteiger partial charge in [-0.1, -0.05) is 26.1 Å². The van der Waals surface area contributed by atoms with Crippen LogP contribution in [-0.4, -0.2) is 45.0 Å². The summed E-state index contributed by atoms with van der Waals surface area (Å²) in [6.45, 7) is 4.81. The quantitative estimate of drug-likeness (QED) is 0.698. The van der Waals surface area contributed by atoms with Crippen molar-refractivity contribution in [1.29, 1.82) is 0 Å². The van der Waals surface area contributed by atoms with Crippen molar-refractivity contribution in [2.75, 3.05) is 20.6 Å². The molecule has 0 fully saturated rings. The van der Waals surface area contributed by atoms with Crippen LogP contribution in [0.1, 0.15) is 25.1 Å². The van der Waals surface area contributed by atoms with E-state index in [0.29, 0.717) is 17.3 Å². The van der Waals surface area contributed by atoms with Crippen molar-refractivity contribution in [2.45, 2.75) is 30.5 Å². The number of rotatable bonds is 8. The minimum Gasteiger partial charge on any atom is -0.389 e. The van der Waals surface area contributed by atoms with Crippen molar-refractivity contribution in [1.82, 2.24) is 9.62 Å². The molecular weight excluding hydrogens is 326 g/mol. The fraction of sp³-hybridized carbons (Fsp3) is 0.615. The van der Waals surface area contributed by atoms with Crippen molar-refractivity contribution in [3.8, 4) is 0 Å². The molecule has 1 heterocycles. The summed E-state index contributed by atoms with van der Waals surface area (Å²) in [6.07, 6.45) is 0.783. The van der Waals surface area contributed by atoms with Crippen molar-refractivity contribution in [3.05, 3.63) is 17.0 Å².